The van der Waals surface area contributed by atoms with Gasteiger partial charge in [0.05, 0.1) is 25.8 Å². The van der Waals surface area contributed by atoms with Crippen LogP contribution >= 0.6 is 11.3 Å². The van der Waals surface area contributed by atoms with Gasteiger partial charge < -0.3 is 15.2 Å². The Morgan fingerprint density at radius 2 is 2.25 bits per heavy atom. The second-order valence-corrected chi connectivity index (χ2v) is 6.54. The average Bonchev–Trinajstić information content (AvgIpc) is 3.12. The van der Waals surface area contributed by atoms with Crippen LogP contribution in [-0.2, 0) is 9.47 Å². The third-order valence-corrected chi connectivity index (χ3v) is 5.12. The highest BCUT2D eigenvalue weighted by Crippen LogP contribution is 2.36. The number of nitrogens with zero attached hydrogens (tertiary/aromatic N) is 1. The molecule has 2 aliphatic rings. The summed E-state index contributed by atoms with van der Waals surface area (Å²) >= 11 is 1.74. The van der Waals surface area contributed by atoms with E-state index in [9.17, 15) is 0 Å². The first-order valence-electron chi connectivity index (χ1n) is 7.54. The minimum absolute atomic E-state index is 0.154. The Balaban J connectivity index is 1.80. The summed E-state index contributed by atoms with van der Waals surface area (Å²) in [7, 11) is 0. The molecule has 2 fully saturated rings. The maximum absolute atomic E-state index is 6.41. The van der Waals surface area contributed by atoms with E-state index in [0.717, 1.165) is 45.6 Å². The van der Waals surface area contributed by atoms with E-state index >= 15 is 0 Å². The molecule has 0 aliphatic carbocycles. The molecule has 2 unspecified atom stereocenters. The molecular weight excluding hydrogens is 272 g/mol. The number of likely N-dealkylation sites (tertiary alicyclic amines) is 1. The van der Waals surface area contributed by atoms with Gasteiger partial charge in [-0.05, 0) is 41.8 Å². The first-order chi connectivity index (χ1) is 9.74. The van der Waals surface area contributed by atoms with E-state index < -0.39 is 0 Å². The SMILES string of the molecule is CCC(N)C(c1ccsc1)N1CCCC2(C1)OCCO2. The molecule has 0 bridgehead atoms. The van der Waals surface area contributed by atoms with Gasteiger partial charge in [-0.1, -0.05) is 6.92 Å². The number of piperidine rings is 1. The quantitative estimate of drug-likeness (QED) is 0.926. The highest BCUT2D eigenvalue weighted by Gasteiger charge is 2.43. The molecule has 3 heterocycles. The Labute approximate surface area is 124 Å². The molecule has 1 aromatic heterocycles. The van der Waals surface area contributed by atoms with Gasteiger partial charge in [0, 0.05) is 12.5 Å². The molecule has 2 N–H and O–H groups in total. The first kappa shape index (κ1) is 14.5. The van der Waals surface area contributed by atoms with Crippen LogP contribution in [0.15, 0.2) is 16.8 Å². The van der Waals surface area contributed by atoms with E-state index in [0.29, 0.717) is 0 Å². The van der Waals surface area contributed by atoms with Crippen molar-refractivity contribution in [1.82, 2.24) is 4.90 Å². The standard InChI is InChI=1S/C15H24N2O2S/c1-2-13(16)14(12-4-9-20-10-12)17-6-3-5-15(11-17)18-7-8-19-15/h4,9-10,13-14H,2-3,5-8,11,16H2,1H3. The Bertz CT molecular complexity index is 418. The summed E-state index contributed by atoms with van der Waals surface area (Å²) in [4.78, 5) is 2.46. The van der Waals surface area contributed by atoms with Crippen LogP contribution in [0.3, 0.4) is 0 Å². The lowest BCUT2D eigenvalue weighted by Crippen LogP contribution is -2.53. The average molecular weight is 296 g/mol. The fraction of sp³-hybridized carbons (Fsp3) is 0.733. The molecule has 1 spiro atoms. The van der Waals surface area contributed by atoms with Crippen LogP contribution in [0.4, 0.5) is 0 Å². The molecule has 0 aromatic carbocycles. The molecule has 1 aromatic rings. The maximum atomic E-state index is 6.41. The second kappa shape index (κ2) is 6.12. The van der Waals surface area contributed by atoms with Crippen LogP contribution in [0.1, 0.15) is 37.8 Å². The van der Waals surface area contributed by atoms with Crippen molar-refractivity contribution >= 4 is 11.3 Å². The van der Waals surface area contributed by atoms with Crippen LogP contribution in [-0.4, -0.2) is 43.0 Å². The molecule has 112 valence electrons. The fourth-order valence-corrected chi connectivity index (χ4v) is 4.07. The van der Waals surface area contributed by atoms with E-state index in [1.807, 2.05) is 0 Å². The number of nitrogens with two attached hydrogens (primary N) is 1. The summed E-state index contributed by atoms with van der Waals surface area (Å²) < 4.78 is 11.8. The summed E-state index contributed by atoms with van der Waals surface area (Å²) in [5.74, 6) is -0.375. The van der Waals surface area contributed by atoms with Crippen LogP contribution in [0.25, 0.3) is 0 Å². The number of rotatable bonds is 4. The molecule has 0 radical (unpaired) electrons. The Hall–Kier alpha value is -0.460. The smallest absolute Gasteiger partial charge is 0.181 e. The zero-order chi connectivity index (χ0) is 14.0. The van der Waals surface area contributed by atoms with Crippen molar-refractivity contribution in [3.8, 4) is 0 Å². The molecule has 2 atom stereocenters. The summed E-state index contributed by atoms with van der Waals surface area (Å²) in [5.41, 5.74) is 7.74. The van der Waals surface area contributed by atoms with Crippen molar-refractivity contribution in [3.63, 3.8) is 0 Å². The lowest BCUT2D eigenvalue weighted by molar-refractivity contribution is -0.195. The summed E-state index contributed by atoms with van der Waals surface area (Å²) in [6.45, 7) is 5.50. The van der Waals surface area contributed by atoms with Gasteiger partial charge in [0.2, 0.25) is 0 Å². The lowest BCUT2D eigenvalue weighted by atomic mass is 9.94. The summed E-state index contributed by atoms with van der Waals surface area (Å²) in [6.07, 6.45) is 3.09. The van der Waals surface area contributed by atoms with Gasteiger partial charge >= 0.3 is 0 Å². The summed E-state index contributed by atoms with van der Waals surface area (Å²) in [5, 5.41) is 4.35. The fourth-order valence-electron chi connectivity index (χ4n) is 3.38. The molecular formula is C15H24N2O2S. The third-order valence-electron chi connectivity index (χ3n) is 4.42. The molecule has 2 saturated heterocycles. The number of thiophene rings is 1. The molecule has 4 nitrogen and oxygen atoms in total. The van der Waals surface area contributed by atoms with Crippen molar-refractivity contribution in [2.24, 2.45) is 5.73 Å². The zero-order valence-electron chi connectivity index (χ0n) is 12.1. The van der Waals surface area contributed by atoms with Crippen molar-refractivity contribution < 1.29 is 9.47 Å². The second-order valence-electron chi connectivity index (χ2n) is 5.76. The zero-order valence-corrected chi connectivity index (χ0v) is 12.9. The van der Waals surface area contributed by atoms with Crippen LogP contribution in [0.5, 0.6) is 0 Å². The molecule has 0 saturated carbocycles. The first-order valence-corrected chi connectivity index (χ1v) is 8.48. The highest BCUT2D eigenvalue weighted by molar-refractivity contribution is 7.07. The number of hydrogen-bond acceptors (Lipinski definition) is 5. The highest BCUT2D eigenvalue weighted by atomic mass is 32.1. The Morgan fingerprint density at radius 3 is 2.90 bits per heavy atom. The van der Waals surface area contributed by atoms with E-state index in [-0.39, 0.29) is 17.9 Å². The predicted molar refractivity (Wildman–Crippen MR) is 80.8 cm³/mol. The van der Waals surface area contributed by atoms with Gasteiger partial charge in [0.25, 0.3) is 0 Å². The molecule has 20 heavy (non-hydrogen) atoms. The largest absolute Gasteiger partial charge is 0.346 e. The van der Waals surface area contributed by atoms with Gasteiger partial charge in [-0.15, -0.1) is 0 Å². The van der Waals surface area contributed by atoms with E-state index in [2.05, 4.69) is 28.7 Å². The van der Waals surface area contributed by atoms with Crippen LogP contribution in [0.2, 0.25) is 0 Å². The topological polar surface area (TPSA) is 47.7 Å². The van der Waals surface area contributed by atoms with Crippen molar-refractivity contribution in [3.05, 3.63) is 22.4 Å². The minimum atomic E-state index is -0.375. The van der Waals surface area contributed by atoms with Crippen molar-refractivity contribution in [2.75, 3.05) is 26.3 Å². The minimum Gasteiger partial charge on any atom is -0.346 e. The number of hydrogen-bond donors (Lipinski definition) is 1. The van der Waals surface area contributed by atoms with E-state index in [1.54, 1.807) is 11.3 Å². The van der Waals surface area contributed by atoms with Crippen LogP contribution < -0.4 is 5.73 Å². The molecule has 3 rings (SSSR count). The Kier molecular flexibility index (Phi) is 4.43. The molecule has 2 aliphatic heterocycles. The van der Waals surface area contributed by atoms with Gasteiger partial charge in [0.15, 0.2) is 5.79 Å². The van der Waals surface area contributed by atoms with Gasteiger partial charge in [-0.25, -0.2) is 0 Å². The van der Waals surface area contributed by atoms with Gasteiger partial charge in [-0.3, -0.25) is 4.90 Å². The van der Waals surface area contributed by atoms with Crippen molar-refractivity contribution in [1.29, 1.82) is 0 Å². The van der Waals surface area contributed by atoms with Gasteiger partial charge in [-0.2, -0.15) is 11.3 Å². The normalized spacial score (nSPS) is 25.9. The third kappa shape index (κ3) is 2.78. The number of ether oxygens (including phenoxy) is 2. The van der Waals surface area contributed by atoms with Gasteiger partial charge in [0.1, 0.15) is 0 Å². The van der Waals surface area contributed by atoms with Crippen LogP contribution in [0, 0.1) is 0 Å². The Morgan fingerprint density at radius 1 is 1.45 bits per heavy atom. The monoisotopic (exact) mass is 296 g/mol. The summed E-state index contributed by atoms with van der Waals surface area (Å²) in [6, 6.07) is 2.63. The predicted octanol–water partition coefficient (Wildman–Crippen LogP) is 2.37. The lowest BCUT2D eigenvalue weighted by Gasteiger charge is -2.44. The maximum Gasteiger partial charge on any atom is 0.181 e. The van der Waals surface area contributed by atoms with Crippen molar-refractivity contribution in [2.45, 2.75) is 44.1 Å². The molecule has 5 heteroatoms. The van der Waals surface area contributed by atoms with E-state index in [1.165, 1.54) is 5.56 Å². The van der Waals surface area contributed by atoms with E-state index in [4.69, 9.17) is 15.2 Å². The molecule has 0 amide bonds.